The van der Waals surface area contributed by atoms with Crippen LogP contribution in [0.15, 0.2) is 0 Å². The van der Waals surface area contributed by atoms with Crippen molar-refractivity contribution < 1.29 is 14.6 Å². The lowest BCUT2D eigenvalue weighted by atomic mass is 9.85. The molecule has 2 fully saturated rings. The van der Waals surface area contributed by atoms with Crippen LogP contribution in [0.5, 0.6) is 0 Å². The molecule has 1 aliphatic heterocycles. The van der Waals surface area contributed by atoms with E-state index in [-0.39, 0.29) is 12.9 Å². The molecule has 12 heavy (non-hydrogen) atoms. The second-order valence-corrected chi connectivity index (χ2v) is 3.70. The Hall–Kier alpha value is -0.120. The van der Waals surface area contributed by atoms with Crippen LogP contribution in [-0.4, -0.2) is 24.3 Å². The van der Waals surface area contributed by atoms with Crippen LogP contribution in [-0.2, 0) is 9.47 Å². The Balaban J connectivity index is 1.89. The summed E-state index contributed by atoms with van der Waals surface area (Å²) in [6.45, 7) is 0.266. The van der Waals surface area contributed by atoms with Crippen LogP contribution in [0.4, 0.5) is 0 Å². The molecule has 1 aliphatic carbocycles. The minimum absolute atomic E-state index is 0.0506. The maximum atomic E-state index is 9.39. The van der Waals surface area contributed by atoms with Crippen LogP contribution in [0.3, 0.4) is 0 Å². The number of hydrogen-bond acceptors (Lipinski definition) is 3. The summed E-state index contributed by atoms with van der Waals surface area (Å²) in [7, 11) is 0. The number of aliphatic hydroxyl groups excluding tert-OH is 1. The standard InChI is InChI=1S/C9H16O3/c10-9-8(11-6-12-9)7-4-2-1-3-5-7/h7-10H,1-6H2/t8-,9-/m0/s1. The van der Waals surface area contributed by atoms with Gasteiger partial charge in [-0.05, 0) is 18.8 Å². The Labute approximate surface area is 72.7 Å². The highest BCUT2D eigenvalue weighted by atomic mass is 16.8. The van der Waals surface area contributed by atoms with Crippen molar-refractivity contribution in [2.24, 2.45) is 5.92 Å². The Morgan fingerprint density at radius 1 is 1.00 bits per heavy atom. The summed E-state index contributed by atoms with van der Waals surface area (Å²) in [5.74, 6) is 0.524. The summed E-state index contributed by atoms with van der Waals surface area (Å²) in [4.78, 5) is 0. The molecule has 0 radical (unpaired) electrons. The van der Waals surface area contributed by atoms with Gasteiger partial charge in [0.25, 0.3) is 0 Å². The van der Waals surface area contributed by atoms with E-state index in [0.29, 0.717) is 5.92 Å². The minimum Gasteiger partial charge on any atom is -0.366 e. The van der Waals surface area contributed by atoms with E-state index in [1.165, 1.54) is 32.1 Å². The lowest BCUT2D eigenvalue weighted by Crippen LogP contribution is -2.31. The van der Waals surface area contributed by atoms with Crippen molar-refractivity contribution in [1.29, 1.82) is 0 Å². The van der Waals surface area contributed by atoms with Gasteiger partial charge in [0.1, 0.15) is 6.10 Å². The third-order valence-electron chi connectivity index (χ3n) is 2.89. The van der Waals surface area contributed by atoms with Crippen molar-refractivity contribution in [2.75, 3.05) is 6.79 Å². The van der Waals surface area contributed by atoms with Crippen molar-refractivity contribution in [3.05, 3.63) is 0 Å². The van der Waals surface area contributed by atoms with E-state index in [9.17, 15) is 5.11 Å². The number of ether oxygens (including phenoxy) is 2. The predicted octanol–water partition coefficient (Wildman–Crippen LogP) is 1.26. The highest BCUT2D eigenvalue weighted by Gasteiger charge is 2.34. The fourth-order valence-electron chi connectivity index (χ4n) is 2.20. The highest BCUT2D eigenvalue weighted by molar-refractivity contribution is 4.78. The molecule has 0 aromatic carbocycles. The van der Waals surface area contributed by atoms with Crippen LogP contribution >= 0.6 is 0 Å². The Kier molecular flexibility index (Phi) is 2.63. The molecule has 3 nitrogen and oxygen atoms in total. The molecule has 1 N–H and O–H groups in total. The first kappa shape index (κ1) is 8.48. The first-order valence-electron chi connectivity index (χ1n) is 4.79. The Morgan fingerprint density at radius 2 is 1.75 bits per heavy atom. The van der Waals surface area contributed by atoms with E-state index in [0.717, 1.165) is 0 Å². The number of rotatable bonds is 1. The van der Waals surface area contributed by atoms with Gasteiger partial charge in [-0.1, -0.05) is 19.3 Å². The van der Waals surface area contributed by atoms with Crippen molar-refractivity contribution in [3.63, 3.8) is 0 Å². The summed E-state index contributed by atoms with van der Waals surface area (Å²) in [5.41, 5.74) is 0. The number of aliphatic hydroxyl groups is 1. The van der Waals surface area contributed by atoms with Crippen LogP contribution in [0.25, 0.3) is 0 Å². The molecule has 1 saturated heterocycles. The van der Waals surface area contributed by atoms with Gasteiger partial charge in [-0.3, -0.25) is 0 Å². The van der Waals surface area contributed by atoms with Gasteiger partial charge in [0.15, 0.2) is 13.1 Å². The van der Waals surface area contributed by atoms with E-state index in [1.807, 2.05) is 0 Å². The topological polar surface area (TPSA) is 38.7 Å². The average Bonchev–Trinajstić information content (AvgIpc) is 2.53. The molecule has 0 amide bonds. The normalized spacial score (nSPS) is 38.8. The number of hydrogen-bond donors (Lipinski definition) is 1. The fraction of sp³-hybridized carbons (Fsp3) is 1.00. The molecule has 0 unspecified atom stereocenters. The van der Waals surface area contributed by atoms with E-state index in [4.69, 9.17) is 9.47 Å². The largest absolute Gasteiger partial charge is 0.366 e. The molecule has 0 aromatic heterocycles. The van der Waals surface area contributed by atoms with Gasteiger partial charge in [-0.2, -0.15) is 0 Å². The molecule has 0 aromatic rings. The molecule has 70 valence electrons. The lowest BCUT2D eigenvalue weighted by molar-refractivity contribution is -0.0778. The molecule has 2 aliphatic rings. The Bertz CT molecular complexity index is 143. The molecule has 1 saturated carbocycles. The molecular weight excluding hydrogens is 156 g/mol. The van der Waals surface area contributed by atoms with Gasteiger partial charge in [0, 0.05) is 0 Å². The second kappa shape index (κ2) is 3.73. The monoisotopic (exact) mass is 172 g/mol. The lowest BCUT2D eigenvalue weighted by Gasteiger charge is -2.27. The van der Waals surface area contributed by atoms with Crippen LogP contribution in [0.1, 0.15) is 32.1 Å². The first-order valence-corrected chi connectivity index (χ1v) is 4.79. The molecular formula is C9H16O3. The maximum Gasteiger partial charge on any atom is 0.184 e. The molecule has 0 bridgehead atoms. The Morgan fingerprint density at radius 3 is 2.33 bits per heavy atom. The molecule has 2 rings (SSSR count). The van der Waals surface area contributed by atoms with Crippen molar-refractivity contribution >= 4 is 0 Å². The van der Waals surface area contributed by atoms with Crippen molar-refractivity contribution in [2.45, 2.75) is 44.5 Å². The quantitative estimate of drug-likeness (QED) is 0.647. The average molecular weight is 172 g/mol. The van der Waals surface area contributed by atoms with Crippen molar-refractivity contribution in [3.8, 4) is 0 Å². The fourth-order valence-corrected chi connectivity index (χ4v) is 2.20. The van der Waals surface area contributed by atoms with E-state index < -0.39 is 6.29 Å². The molecule has 3 heteroatoms. The van der Waals surface area contributed by atoms with Crippen molar-refractivity contribution in [1.82, 2.24) is 0 Å². The van der Waals surface area contributed by atoms with Crippen LogP contribution < -0.4 is 0 Å². The van der Waals surface area contributed by atoms with Gasteiger partial charge < -0.3 is 14.6 Å². The van der Waals surface area contributed by atoms with Gasteiger partial charge >= 0.3 is 0 Å². The van der Waals surface area contributed by atoms with Gasteiger partial charge in [0.05, 0.1) is 0 Å². The third-order valence-corrected chi connectivity index (χ3v) is 2.89. The smallest absolute Gasteiger partial charge is 0.184 e. The second-order valence-electron chi connectivity index (χ2n) is 3.70. The minimum atomic E-state index is -0.673. The van der Waals surface area contributed by atoms with Crippen LogP contribution in [0.2, 0.25) is 0 Å². The SMILES string of the molecule is O[C@H]1OCO[C@H]1C1CCCCC1. The van der Waals surface area contributed by atoms with E-state index in [2.05, 4.69) is 0 Å². The zero-order chi connectivity index (χ0) is 8.39. The molecule has 0 spiro atoms. The highest BCUT2D eigenvalue weighted by Crippen LogP contribution is 2.31. The summed E-state index contributed by atoms with van der Waals surface area (Å²) in [6, 6.07) is 0. The maximum absolute atomic E-state index is 9.39. The van der Waals surface area contributed by atoms with E-state index >= 15 is 0 Å². The molecule has 2 atom stereocenters. The summed E-state index contributed by atoms with van der Waals surface area (Å²) >= 11 is 0. The zero-order valence-corrected chi connectivity index (χ0v) is 7.24. The van der Waals surface area contributed by atoms with E-state index in [1.54, 1.807) is 0 Å². The summed E-state index contributed by atoms with van der Waals surface area (Å²) in [6.07, 6.45) is 5.53. The predicted molar refractivity (Wildman–Crippen MR) is 43.4 cm³/mol. The third kappa shape index (κ3) is 1.63. The van der Waals surface area contributed by atoms with Gasteiger partial charge in [0.2, 0.25) is 0 Å². The first-order chi connectivity index (χ1) is 5.88. The summed E-state index contributed by atoms with van der Waals surface area (Å²) in [5, 5.41) is 9.39. The summed E-state index contributed by atoms with van der Waals surface area (Å²) < 4.78 is 10.3. The van der Waals surface area contributed by atoms with Gasteiger partial charge in [-0.15, -0.1) is 0 Å². The van der Waals surface area contributed by atoms with Crippen LogP contribution in [0, 0.1) is 5.92 Å². The molecule has 1 heterocycles. The zero-order valence-electron chi connectivity index (χ0n) is 7.24. The van der Waals surface area contributed by atoms with Gasteiger partial charge in [-0.25, -0.2) is 0 Å².